The first-order chi connectivity index (χ1) is 5.62. The van der Waals surface area contributed by atoms with Crippen molar-refractivity contribution in [3.63, 3.8) is 0 Å². The van der Waals surface area contributed by atoms with Crippen LogP contribution in [0.3, 0.4) is 0 Å². The highest BCUT2D eigenvalue weighted by atomic mass is 19.1. The molecule has 0 heterocycles. The van der Waals surface area contributed by atoms with Gasteiger partial charge in [0, 0.05) is 5.54 Å². The van der Waals surface area contributed by atoms with Gasteiger partial charge in [0.2, 0.25) is 0 Å². The minimum absolute atomic E-state index is 0.184. The molecule has 3 heteroatoms. The standard InChI is InChI=1S/C9H11FN2/c10-7-2-1-6(5-8(7)11)9(12)3-4-9/h1-2,5H,3-4,11-12H2. The van der Waals surface area contributed by atoms with Gasteiger partial charge in [0.05, 0.1) is 5.69 Å². The summed E-state index contributed by atoms with van der Waals surface area (Å²) in [5.74, 6) is -0.372. The van der Waals surface area contributed by atoms with E-state index in [0.29, 0.717) is 0 Å². The molecule has 0 bridgehead atoms. The van der Waals surface area contributed by atoms with Crippen LogP contribution in [0, 0.1) is 5.82 Å². The van der Waals surface area contributed by atoms with Gasteiger partial charge in [-0.1, -0.05) is 6.07 Å². The Morgan fingerprint density at radius 3 is 2.50 bits per heavy atom. The van der Waals surface area contributed by atoms with Crippen molar-refractivity contribution in [1.29, 1.82) is 0 Å². The third-order valence-electron chi connectivity index (χ3n) is 2.36. The van der Waals surface area contributed by atoms with E-state index in [1.165, 1.54) is 6.07 Å². The molecule has 4 N–H and O–H groups in total. The molecule has 0 atom stereocenters. The van der Waals surface area contributed by atoms with Gasteiger partial charge < -0.3 is 11.5 Å². The molecule has 1 aliphatic rings. The third-order valence-corrected chi connectivity index (χ3v) is 2.36. The van der Waals surface area contributed by atoms with Gasteiger partial charge in [-0.15, -0.1) is 0 Å². The fraction of sp³-hybridized carbons (Fsp3) is 0.333. The van der Waals surface area contributed by atoms with E-state index >= 15 is 0 Å². The molecule has 1 aliphatic carbocycles. The van der Waals surface area contributed by atoms with Crippen LogP contribution in [0.4, 0.5) is 10.1 Å². The lowest BCUT2D eigenvalue weighted by molar-refractivity contribution is 0.629. The number of hydrogen-bond acceptors (Lipinski definition) is 2. The van der Waals surface area contributed by atoms with E-state index < -0.39 is 0 Å². The van der Waals surface area contributed by atoms with Crippen LogP contribution in [0.5, 0.6) is 0 Å². The second-order valence-electron chi connectivity index (χ2n) is 3.39. The van der Waals surface area contributed by atoms with E-state index in [9.17, 15) is 4.39 Å². The number of hydrogen-bond donors (Lipinski definition) is 2. The number of nitrogens with two attached hydrogens (primary N) is 2. The van der Waals surface area contributed by atoms with Crippen LogP contribution >= 0.6 is 0 Å². The van der Waals surface area contributed by atoms with Gasteiger partial charge in [-0.25, -0.2) is 4.39 Å². The lowest BCUT2D eigenvalue weighted by Crippen LogP contribution is -2.18. The fourth-order valence-electron chi connectivity index (χ4n) is 1.28. The molecule has 0 spiro atoms. The van der Waals surface area contributed by atoms with E-state index in [1.807, 2.05) is 0 Å². The molecule has 1 saturated carbocycles. The highest BCUT2D eigenvalue weighted by Crippen LogP contribution is 2.43. The van der Waals surface area contributed by atoms with Crippen LogP contribution in [-0.4, -0.2) is 0 Å². The Kier molecular flexibility index (Phi) is 1.38. The Bertz CT molecular complexity index is 318. The van der Waals surface area contributed by atoms with Gasteiger partial charge in [-0.05, 0) is 30.5 Å². The van der Waals surface area contributed by atoms with Crippen molar-refractivity contribution < 1.29 is 4.39 Å². The fourth-order valence-corrected chi connectivity index (χ4v) is 1.28. The molecule has 0 aliphatic heterocycles. The Morgan fingerprint density at radius 2 is 2.00 bits per heavy atom. The Balaban J connectivity index is 2.41. The molecule has 12 heavy (non-hydrogen) atoms. The minimum Gasteiger partial charge on any atom is -0.396 e. The normalized spacial score (nSPS) is 19.2. The second-order valence-corrected chi connectivity index (χ2v) is 3.39. The third kappa shape index (κ3) is 1.06. The zero-order valence-electron chi connectivity index (χ0n) is 6.68. The van der Waals surface area contributed by atoms with E-state index in [4.69, 9.17) is 11.5 Å². The van der Waals surface area contributed by atoms with Crippen molar-refractivity contribution in [3.8, 4) is 0 Å². The molecule has 1 aromatic carbocycles. The molecule has 0 amide bonds. The number of halogens is 1. The van der Waals surface area contributed by atoms with E-state index in [0.717, 1.165) is 18.4 Å². The summed E-state index contributed by atoms with van der Waals surface area (Å²) in [4.78, 5) is 0. The highest BCUT2D eigenvalue weighted by molar-refractivity contribution is 5.46. The summed E-state index contributed by atoms with van der Waals surface area (Å²) in [6.07, 6.45) is 1.94. The molecule has 1 fully saturated rings. The maximum Gasteiger partial charge on any atom is 0.146 e. The number of benzene rings is 1. The van der Waals surface area contributed by atoms with Crippen LogP contribution < -0.4 is 11.5 Å². The number of nitrogen functional groups attached to an aromatic ring is 1. The van der Waals surface area contributed by atoms with Gasteiger partial charge >= 0.3 is 0 Å². The van der Waals surface area contributed by atoms with Crippen molar-refractivity contribution in [1.82, 2.24) is 0 Å². The van der Waals surface area contributed by atoms with E-state index in [2.05, 4.69) is 0 Å². The second kappa shape index (κ2) is 2.20. The van der Waals surface area contributed by atoms with Crippen molar-refractivity contribution in [2.45, 2.75) is 18.4 Å². The van der Waals surface area contributed by atoms with Crippen molar-refractivity contribution >= 4 is 5.69 Å². The maximum atomic E-state index is 12.7. The topological polar surface area (TPSA) is 52.0 Å². The van der Waals surface area contributed by atoms with Crippen LogP contribution in [0.15, 0.2) is 18.2 Å². The summed E-state index contributed by atoms with van der Waals surface area (Å²) >= 11 is 0. The van der Waals surface area contributed by atoms with Crippen molar-refractivity contribution in [2.75, 3.05) is 5.73 Å². The number of anilines is 1. The summed E-state index contributed by atoms with van der Waals surface area (Å²) in [6.45, 7) is 0. The molecule has 0 radical (unpaired) electrons. The molecule has 0 unspecified atom stereocenters. The molecule has 0 saturated heterocycles. The molecular formula is C9H11FN2. The van der Waals surface area contributed by atoms with Crippen LogP contribution in [0.2, 0.25) is 0 Å². The highest BCUT2D eigenvalue weighted by Gasteiger charge is 2.40. The summed E-state index contributed by atoms with van der Waals surface area (Å²) in [5.41, 5.74) is 12.2. The van der Waals surface area contributed by atoms with Crippen molar-refractivity contribution in [2.24, 2.45) is 5.73 Å². The summed E-state index contributed by atoms with van der Waals surface area (Å²) in [7, 11) is 0. The minimum atomic E-state index is -0.372. The SMILES string of the molecule is Nc1cc(C2(N)CC2)ccc1F. The smallest absolute Gasteiger partial charge is 0.146 e. The summed E-state index contributed by atoms with van der Waals surface area (Å²) in [5, 5.41) is 0. The van der Waals surface area contributed by atoms with Crippen LogP contribution in [0.25, 0.3) is 0 Å². The van der Waals surface area contributed by atoms with Gasteiger partial charge in [0.15, 0.2) is 0 Å². The average molecular weight is 166 g/mol. The van der Waals surface area contributed by atoms with Gasteiger partial charge in [0.1, 0.15) is 5.82 Å². The van der Waals surface area contributed by atoms with Gasteiger partial charge in [-0.3, -0.25) is 0 Å². The Hall–Kier alpha value is -1.09. The van der Waals surface area contributed by atoms with Crippen LogP contribution in [-0.2, 0) is 5.54 Å². The molecule has 2 rings (SSSR count). The lowest BCUT2D eigenvalue weighted by Gasteiger charge is -2.09. The summed E-state index contributed by atoms with van der Waals surface area (Å²) in [6, 6.07) is 4.71. The largest absolute Gasteiger partial charge is 0.396 e. The first kappa shape index (κ1) is 7.55. The van der Waals surface area contributed by atoms with E-state index in [-0.39, 0.29) is 17.0 Å². The monoisotopic (exact) mass is 166 g/mol. The maximum absolute atomic E-state index is 12.7. The number of rotatable bonds is 1. The summed E-state index contributed by atoms with van der Waals surface area (Å²) < 4.78 is 12.7. The predicted molar refractivity (Wildman–Crippen MR) is 45.9 cm³/mol. The van der Waals surface area contributed by atoms with E-state index in [1.54, 1.807) is 12.1 Å². The van der Waals surface area contributed by atoms with Gasteiger partial charge in [0.25, 0.3) is 0 Å². The molecule has 0 aromatic heterocycles. The predicted octanol–water partition coefficient (Wildman–Crippen LogP) is 1.36. The molecule has 1 aromatic rings. The lowest BCUT2D eigenvalue weighted by atomic mass is 10.1. The Labute approximate surface area is 70.4 Å². The average Bonchev–Trinajstić information content (AvgIpc) is 2.75. The van der Waals surface area contributed by atoms with Crippen molar-refractivity contribution in [3.05, 3.63) is 29.6 Å². The zero-order chi connectivity index (χ0) is 8.77. The van der Waals surface area contributed by atoms with Gasteiger partial charge in [-0.2, -0.15) is 0 Å². The molecule has 2 nitrogen and oxygen atoms in total. The first-order valence-electron chi connectivity index (χ1n) is 3.96. The Morgan fingerprint density at radius 1 is 1.33 bits per heavy atom. The first-order valence-corrected chi connectivity index (χ1v) is 3.96. The molecule has 64 valence electrons. The quantitative estimate of drug-likeness (QED) is 0.619. The zero-order valence-corrected chi connectivity index (χ0v) is 6.68. The molecular weight excluding hydrogens is 155 g/mol. The van der Waals surface area contributed by atoms with Crippen LogP contribution in [0.1, 0.15) is 18.4 Å².